The SMILES string of the molecule is Nc1cnc(Cl)c(C(=O)N2C3CCC2CC(O)C3)c1. The highest BCUT2D eigenvalue weighted by molar-refractivity contribution is 6.32. The Morgan fingerprint density at radius 1 is 1.42 bits per heavy atom. The molecule has 2 bridgehead atoms. The topological polar surface area (TPSA) is 79.5 Å². The van der Waals surface area contributed by atoms with Crippen molar-refractivity contribution in [2.75, 3.05) is 5.73 Å². The molecule has 3 rings (SSSR count). The number of amides is 1. The Bertz CT molecular complexity index is 509. The van der Waals surface area contributed by atoms with Crippen molar-refractivity contribution in [2.24, 2.45) is 0 Å². The molecular formula is C13H16ClN3O2. The number of carbonyl (C=O) groups is 1. The minimum absolute atomic E-state index is 0.110. The third kappa shape index (κ3) is 2.17. The molecule has 6 heteroatoms. The summed E-state index contributed by atoms with van der Waals surface area (Å²) < 4.78 is 0. The molecule has 0 spiro atoms. The second kappa shape index (κ2) is 4.65. The number of halogens is 1. The zero-order valence-electron chi connectivity index (χ0n) is 10.4. The zero-order chi connectivity index (χ0) is 13.6. The van der Waals surface area contributed by atoms with E-state index in [1.165, 1.54) is 6.20 Å². The summed E-state index contributed by atoms with van der Waals surface area (Å²) in [5, 5.41) is 9.95. The maximum atomic E-state index is 12.6. The van der Waals surface area contributed by atoms with E-state index >= 15 is 0 Å². The number of nitrogens with two attached hydrogens (primary N) is 1. The number of aromatic nitrogens is 1. The van der Waals surface area contributed by atoms with Gasteiger partial charge in [0.2, 0.25) is 0 Å². The summed E-state index contributed by atoms with van der Waals surface area (Å²) in [7, 11) is 0. The van der Waals surface area contributed by atoms with Gasteiger partial charge in [0.05, 0.1) is 23.6 Å². The molecule has 2 aliphatic heterocycles. The van der Waals surface area contributed by atoms with Gasteiger partial charge in [-0.25, -0.2) is 4.98 Å². The fourth-order valence-electron chi connectivity index (χ4n) is 3.23. The first-order chi connectivity index (χ1) is 9.06. The number of pyridine rings is 1. The van der Waals surface area contributed by atoms with Crippen LogP contribution in [0.25, 0.3) is 0 Å². The number of rotatable bonds is 1. The number of aliphatic hydroxyl groups excluding tert-OH is 1. The van der Waals surface area contributed by atoms with Crippen LogP contribution in [0.15, 0.2) is 12.3 Å². The number of fused-ring (bicyclic) bond motifs is 2. The molecule has 2 unspecified atom stereocenters. The molecule has 2 saturated heterocycles. The molecule has 0 saturated carbocycles. The number of hydrogen-bond donors (Lipinski definition) is 2. The molecule has 1 aromatic rings. The highest BCUT2D eigenvalue weighted by Crippen LogP contribution is 2.37. The van der Waals surface area contributed by atoms with E-state index in [-0.39, 0.29) is 29.2 Å². The predicted molar refractivity (Wildman–Crippen MR) is 71.9 cm³/mol. The Morgan fingerprint density at radius 2 is 2.05 bits per heavy atom. The Kier molecular flexibility index (Phi) is 3.11. The van der Waals surface area contributed by atoms with Gasteiger partial charge in [0.25, 0.3) is 5.91 Å². The Morgan fingerprint density at radius 3 is 2.68 bits per heavy atom. The first kappa shape index (κ1) is 12.7. The number of nitrogen functional groups attached to an aromatic ring is 1. The number of carbonyl (C=O) groups excluding carboxylic acids is 1. The van der Waals surface area contributed by atoms with Crippen LogP contribution >= 0.6 is 11.6 Å². The number of aliphatic hydroxyl groups is 1. The number of anilines is 1. The lowest BCUT2D eigenvalue weighted by Gasteiger charge is -2.37. The summed E-state index contributed by atoms with van der Waals surface area (Å²) in [4.78, 5) is 18.4. The highest BCUT2D eigenvalue weighted by atomic mass is 35.5. The fraction of sp³-hybridized carbons (Fsp3) is 0.538. The van der Waals surface area contributed by atoms with Crippen LogP contribution < -0.4 is 5.73 Å². The largest absolute Gasteiger partial charge is 0.397 e. The van der Waals surface area contributed by atoms with E-state index < -0.39 is 0 Å². The van der Waals surface area contributed by atoms with Crippen LogP contribution in [0.4, 0.5) is 5.69 Å². The molecule has 2 atom stereocenters. The van der Waals surface area contributed by atoms with Crippen LogP contribution in [0, 0.1) is 0 Å². The van der Waals surface area contributed by atoms with E-state index in [9.17, 15) is 9.90 Å². The van der Waals surface area contributed by atoms with Gasteiger partial charge in [0.1, 0.15) is 5.15 Å². The van der Waals surface area contributed by atoms with Crippen molar-refractivity contribution in [1.29, 1.82) is 0 Å². The maximum absolute atomic E-state index is 12.6. The van der Waals surface area contributed by atoms with Crippen LogP contribution in [0.2, 0.25) is 5.15 Å². The van der Waals surface area contributed by atoms with Crippen LogP contribution in [-0.2, 0) is 0 Å². The van der Waals surface area contributed by atoms with Crippen molar-refractivity contribution < 1.29 is 9.90 Å². The maximum Gasteiger partial charge on any atom is 0.257 e. The Labute approximate surface area is 116 Å². The van der Waals surface area contributed by atoms with Gasteiger partial charge in [0.15, 0.2) is 0 Å². The van der Waals surface area contributed by atoms with E-state index in [1.807, 2.05) is 4.90 Å². The molecule has 19 heavy (non-hydrogen) atoms. The molecule has 0 aromatic carbocycles. The monoisotopic (exact) mass is 281 g/mol. The molecule has 1 amide bonds. The minimum atomic E-state index is -0.295. The van der Waals surface area contributed by atoms with E-state index in [0.29, 0.717) is 24.1 Å². The summed E-state index contributed by atoms with van der Waals surface area (Å²) in [6, 6.07) is 1.79. The molecule has 2 aliphatic rings. The van der Waals surface area contributed by atoms with Gasteiger partial charge < -0.3 is 15.7 Å². The van der Waals surface area contributed by atoms with Crippen molar-refractivity contribution in [2.45, 2.75) is 43.9 Å². The average molecular weight is 282 g/mol. The van der Waals surface area contributed by atoms with Crippen LogP contribution in [0.3, 0.4) is 0 Å². The summed E-state index contributed by atoms with van der Waals surface area (Å²) in [6.07, 6.45) is 4.33. The smallest absolute Gasteiger partial charge is 0.257 e. The van der Waals surface area contributed by atoms with Crippen molar-refractivity contribution in [1.82, 2.24) is 9.88 Å². The zero-order valence-corrected chi connectivity index (χ0v) is 11.2. The van der Waals surface area contributed by atoms with Gasteiger partial charge in [-0.3, -0.25) is 4.79 Å². The molecular weight excluding hydrogens is 266 g/mol. The normalized spacial score (nSPS) is 29.6. The van der Waals surface area contributed by atoms with Crippen LogP contribution in [0.5, 0.6) is 0 Å². The first-order valence-corrected chi connectivity index (χ1v) is 6.86. The van der Waals surface area contributed by atoms with Gasteiger partial charge in [-0.2, -0.15) is 0 Å². The first-order valence-electron chi connectivity index (χ1n) is 6.48. The van der Waals surface area contributed by atoms with E-state index in [2.05, 4.69) is 4.98 Å². The minimum Gasteiger partial charge on any atom is -0.397 e. The number of nitrogens with zero attached hydrogens (tertiary/aromatic N) is 2. The second-order valence-electron chi connectivity index (χ2n) is 5.33. The summed E-state index contributed by atoms with van der Waals surface area (Å²) in [5.74, 6) is -0.121. The van der Waals surface area contributed by atoms with E-state index in [1.54, 1.807) is 6.07 Å². The molecule has 5 nitrogen and oxygen atoms in total. The van der Waals surface area contributed by atoms with E-state index in [0.717, 1.165) is 12.8 Å². The number of piperidine rings is 1. The predicted octanol–water partition coefficient (Wildman–Crippen LogP) is 1.45. The molecule has 1 aromatic heterocycles. The molecule has 0 aliphatic carbocycles. The molecule has 3 heterocycles. The standard InChI is InChI=1S/C13H16ClN3O2/c14-12-11(3-7(15)6-16-12)13(19)17-8-1-2-9(17)5-10(18)4-8/h3,6,8-10,18H,1-2,4-5,15H2. The lowest BCUT2D eigenvalue weighted by Crippen LogP contribution is -2.48. The second-order valence-corrected chi connectivity index (χ2v) is 5.69. The highest BCUT2D eigenvalue weighted by Gasteiger charge is 2.43. The van der Waals surface area contributed by atoms with Crippen molar-refractivity contribution >= 4 is 23.2 Å². The Balaban J connectivity index is 1.90. The third-order valence-corrected chi connectivity index (χ3v) is 4.33. The summed E-state index contributed by atoms with van der Waals surface area (Å²) >= 11 is 5.99. The van der Waals surface area contributed by atoms with E-state index in [4.69, 9.17) is 17.3 Å². The molecule has 102 valence electrons. The van der Waals surface area contributed by atoms with Crippen molar-refractivity contribution in [3.8, 4) is 0 Å². The summed E-state index contributed by atoms with van der Waals surface area (Å²) in [5.41, 5.74) is 6.45. The molecule has 0 radical (unpaired) electrons. The van der Waals surface area contributed by atoms with Crippen molar-refractivity contribution in [3.63, 3.8) is 0 Å². The number of hydrogen-bond acceptors (Lipinski definition) is 4. The third-order valence-electron chi connectivity index (χ3n) is 4.03. The average Bonchev–Trinajstić information content (AvgIpc) is 2.64. The van der Waals surface area contributed by atoms with Gasteiger partial charge in [-0.15, -0.1) is 0 Å². The Hall–Kier alpha value is -1.33. The molecule has 2 fully saturated rings. The van der Waals surface area contributed by atoms with Gasteiger partial charge in [-0.05, 0) is 31.7 Å². The van der Waals surface area contributed by atoms with Crippen molar-refractivity contribution in [3.05, 3.63) is 23.0 Å². The van der Waals surface area contributed by atoms with Gasteiger partial charge in [-0.1, -0.05) is 11.6 Å². The lowest BCUT2D eigenvalue weighted by molar-refractivity contribution is 0.0287. The van der Waals surface area contributed by atoms with Crippen LogP contribution in [0.1, 0.15) is 36.0 Å². The molecule has 3 N–H and O–H groups in total. The quantitative estimate of drug-likeness (QED) is 0.764. The fourth-order valence-corrected chi connectivity index (χ4v) is 3.42. The van der Waals surface area contributed by atoms with Gasteiger partial charge >= 0.3 is 0 Å². The van der Waals surface area contributed by atoms with Crippen LogP contribution in [-0.4, -0.2) is 39.1 Å². The lowest BCUT2D eigenvalue weighted by atomic mass is 9.99. The summed E-state index contributed by atoms with van der Waals surface area (Å²) in [6.45, 7) is 0. The van der Waals surface area contributed by atoms with Gasteiger partial charge in [0, 0.05) is 12.1 Å².